The largest absolute Gasteiger partial charge is 0.347 e. The Kier molecular flexibility index (Phi) is 3.71. The van der Waals surface area contributed by atoms with E-state index >= 15 is 0 Å². The van der Waals surface area contributed by atoms with Gasteiger partial charge in [-0.1, -0.05) is 24.3 Å². The van der Waals surface area contributed by atoms with Crippen molar-refractivity contribution in [1.29, 1.82) is 0 Å². The highest BCUT2D eigenvalue weighted by Gasteiger charge is 2.32. The zero-order chi connectivity index (χ0) is 15.6. The molecule has 4 nitrogen and oxygen atoms in total. The molecule has 0 aliphatic heterocycles. The molecule has 0 saturated heterocycles. The fourth-order valence-corrected chi connectivity index (χ4v) is 3.38. The van der Waals surface area contributed by atoms with E-state index < -0.39 is 0 Å². The van der Waals surface area contributed by atoms with Crippen molar-refractivity contribution in [2.45, 2.75) is 25.3 Å². The molecule has 1 aliphatic rings. The number of benzene rings is 1. The molecule has 1 aromatic carbocycles. The third-order valence-corrected chi connectivity index (χ3v) is 4.90. The van der Waals surface area contributed by atoms with Crippen LogP contribution in [0.2, 0.25) is 0 Å². The van der Waals surface area contributed by atoms with Crippen molar-refractivity contribution >= 4 is 17.2 Å². The Bertz CT molecular complexity index is 804. The second kappa shape index (κ2) is 6.01. The van der Waals surface area contributed by atoms with Gasteiger partial charge in [-0.15, -0.1) is 11.3 Å². The quantitative estimate of drug-likeness (QED) is 0.777. The molecule has 3 aromatic rings. The topological polar surface area (TPSA) is 46.9 Å². The number of thiophene rings is 1. The van der Waals surface area contributed by atoms with E-state index in [1.807, 2.05) is 52.5 Å². The molecule has 0 atom stereocenters. The van der Waals surface area contributed by atoms with Crippen molar-refractivity contribution in [2.24, 2.45) is 0 Å². The average Bonchev–Trinajstić information content (AvgIpc) is 3.12. The second-order valence-electron chi connectivity index (χ2n) is 5.73. The first kappa shape index (κ1) is 14.2. The third-order valence-electron chi connectivity index (χ3n) is 4.02. The van der Waals surface area contributed by atoms with Crippen LogP contribution in [0.1, 0.15) is 39.7 Å². The van der Waals surface area contributed by atoms with E-state index in [1.165, 1.54) is 0 Å². The first-order chi connectivity index (χ1) is 11.3. The molecular formula is C18H17N3OS. The van der Waals surface area contributed by atoms with Gasteiger partial charge in [0.05, 0.1) is 29.7 Å². The summed E-state index contributed by atoms with van der Waals surface area (Å²) in [4.78, 5) is 13.7. The lowest BCUT2D eigenvalue weighted by molar-refractivity contribution is 0.0950. The van der Waals surface area contributed by atoms with E-state index in [1.54, 1.807) is 17.5 Å². The van der Waals surface area contributed by atoms with Crippen LogP contribution in [-0.2, 0) is 6.54 Å². The molecule has 1 aliphatic carbocycles. The smallest absolute Gasteiger partial charge is 0.255 e. The summed E-state index contributed by atoms with van der Waals surface area (Å²) in [6.07, 6.45) is 3.96. The minimum absolute atomic E-state index is 0.0394. The molecule has 0 unspecified atom stereocenters. The standard InChI is InChI=1S/C18H17N3OS/c22-18(19-11-15-7-4-10-23-15)16-12-20-21(17(16)13-8-9-13)14-5-2-1-3-6-14/h1-7,10,12-13H,8-9,11H2,(H,19,22). The minimum Gasteiger partial charge on any atom is -0.347 e. The van der Waals surface area contributed by atoms with Crippen molar-refractivity contribution in [3.8, 4) is 5.69 Å². The number of carbonyl (C=O) groups excluding carboxylic acids is 1. The molecule has 1 amide bonds. The predicted octanol–water partition coefficient (Wildman–Crippen LogP) is 3.74. The number of hydrogen-bond donors (Lipinski definition) is 1. The van der Waals surface area contributed by atoms with Gasteiger partial charge in [0.2, 0.25) is 0 Å². The lowest BCUT2D eigenvalue weighted by Gasteiger charge is -2.09. The van der Waals surface area contributed by atoms with E-state index in [-0.39, 0.29) is 5.91 Å². The van der Waals surface area contributed by atoms with Gasteiger partial charge >= 0.3 is 0 Å². The monoisotopic (exact) mass is 323 g/mol. The van der Waals surface area contributed by atoms with Crippen LogP contribution in [0.3, 0.4) is 0 Å². The number of aromatic nitrogens is 2. The Morgan fingerprint density at radius 3 is 2.74 bits per heavy atom. The molecule has 5 heteroatoms. The predicted molar refractivity (Wildman–Crippen MR) is 91.0 cm³/mol. The van der Waals surface area contributed by atoms with Gasteiger partial charge in [-0.3, -0.25) is 4.79 Å². The van der Waals surface area contributed by atoms with Gasteiger partial charge < -0.3 is 5.32 Å². The first-order valence-corrected chi connectivity index (χ1v) is 8.65. The molecule has 116 valence electrons. The van der Waals surface area contributed by atoms with Crippen LogP contribution in [0.25, 0.3) is 5.69 Å². The van der Waals surface area contributed by atoms with E-state index in [4.69, 9.17) is 0 Å². The maximum atomic E-state index is 12.6. The van der Waals surface area contributed by atoms with Crippen molar-refractivity contribution in [3.63, 3.8) is 0 Å². The molecule has 0 radical (unpaired) electrons. The van der Waals surface area contributed by atoms with Gasteiger partial charge in [-0.05, 0) is 36.4 Å². The van der Waals surface area contributed by atoms with Crippen molar-refractivity contribution in [1.82, 2.24) is 15.1 Å². The maximum absolute atomic E-state index is 12.6. The number of carbonyl (C=O) groups is 1. The van der Waals surface area contributed by atoms with Crippen molar-refractivity contribution in [3.05, 3.63) is 70.2 Å². The van der Waals surface area contributed by atoms with Crippen LogP contribution < -0.4 is 5.32 Å². The molecule has 0 bridgehead atoms. The summed E-state index contributed by atoms with van der Waals surface area (Å²) in [5.41, 5.74) is 2.75. The normalized spacial score (nSPS) is 13.9. The number of nitrogens with zero attached hydrogens (tertiary/aromatic N) is 2. The van der Waals surface area contributed by atoms with Gasteiger partial charge in [-0.25, -0.2) is 4.68 Å². The van der Waals surface area contributed by atoms with Gasteiger partial charge in [0.15, 0.2) is 0 Å². The van der Waals surface area contributed by atoms with Gasteiger partial charge in [0, 0.05) is 10.8 Å². The summed E-state index contributed by atoms with van der Waals surface area (Å²) < 4.78 is 1.91. The molecular weight excluding hydrogens is 306 g/mol. The number of nitrogens with one attached hydrogen (secondary N) is 1. The SMILES string of the molecule is O=C(NCc1cccs1)c1cnn(-c2ccccc2)c1C1CC1. The molecule has 0 spiro atoms. The van der Waals surface area contributed by atoms with Crippen molar-refractivity contribution in [2.75, 3.05) is 0 Å². The Balaban J connectivity index is 1.61. The molecule has 1 fully saturated rings. The van der Waals surface area contributed by atoms with E-state index in [2.05, 4.69) is 10.4 Å². The van der Waals surface area contributed by atoms with Crippen LogP contribution in [0.4, 0.5) is 0 Å². The second-order valence-corrected chi connectivity index (χ2v) is 6.76. The van der Waals surface area contributed by atoms with Crippen LogP contribution in [0.5, 0.6) is 0 Å². The summed E-state index contributed by atoms with van der Waals surface area (Å²) in [6.45, 7) is 0.567. The van der Waals surface area contributed by atoms with E-state index in [0.717, 1.165) is 29.1 Å². The number of amides is 1. The van der Waals surface area contributed by atoms with Gasteiger partial charge in [-0.2, -0.15) is 5.10 Å². The lowest BCUT2D eigenvalue weighted by Crippen LogP contribution is -2.23. The van der Waals surface area contributed by atoms with Crippen LogP contribution >= 0.6 is 11.3 Å². The highest BCUT2D eigenvalue weighted by Crippen LogP contribution is 2.42. The molecule has 1 N–H and O–H groups in total. The molecule has 23 heavy (non-hydrogen) atoms. The zero-order valence-corrected chi connectivity index (χ0v) is 13.4. The van der Waals surface area contributed by atoms with Crippen molar-refractivity contribution < 1.29 is 4.79 Å². The van der Waals surface area contributed by atoms with E-state index in [9.17, 15) is 4.79 Å². The molecule has 2 heterocycles. The third kappa shape index (κ3) is 2.92. The first-order valence-electron chi connectivity index (χ1n) is 7.77. The van der Waals surface area contributed by atoms with E-state index in [0.29, 0.717) is 18.0 Å². The molecule has 4 rings (SSSR count). The average molecular weight is 323 g/mol. The summed E-state index contributed by atoms with van der Waals surface area (Å²) in [5, 5.41) is 9.50. The molecule has 1 saturated carbocycles. The van der Waals surface area contributed by atoms with Crippen LogP contribution in [-0.4, -0.2) is 15.7 Å². The lowest BCUT2D eigenvalue weighted by atomic mass is 10.1. The Hall–Kier alpha value is -2.40. The summed E-state index contributed by atoms with van der Waals surface area (Å²) in [5.74, 6) is 0.405. The fourth-order valence-electron chi connectivity index (χ4n) is 2.73. The van der Waals surface area contributed by atoms with Gasteiger partial charge in [0.1, 0.15) is 0 Å². The Morgan fingerprint density at radius 2 is 2.04 bits per heavy atom. The maximum Gasteiger partial charge on any atom is 0.255 e. The van der Waals surface area contributed by atoms with Crippen LogP contribution in [0.15, 0.2) is 54.0 Å². The summed E-state index contributed by atoms with van der Waals surface area (Å²) in [7, 11) is 0. The Labute approximate surface area is 138 Å². The highest BCUT2D eigenvalue weighted by atomic mass is 32.1. The fraction of sp³-hybridized carbons (Fsp3) is 0.222. The van der Waals surface area contributed by atoms with Gasteiger partial charge in [0.25, 0.3) is 5.91 Å². The molecule has 2 aromatic heterocycles. The van der Waals surface area contributed by atoms with Crippen LogP contribution in [0, 0.1) is 0 Å². The highest BCUT2D eigenvalue weighted by molar-refractivity contribution is 7.09. The number of para-hydroxylation sites is 1. The number of rotatable bonds is 5. The summed E-state index contributed by atoms with van der Waals surface area (Å²) >= 11 is 1.65. The minimum atomic E-state index is -0.0394. The zero-order valence-electron chi connectivity index (χ0n) is 12.6. The summed E-state index contributed by atoms with van der Waals surface area (Å²) in [6, 6.07) is 14.0. The number of hydrogen-bond acceptors (Lipinski definition) is 3. The Morgan fingerprint density at radius 1 is 1.22 bits per heavy atom.